The molecule has 0 spiro atoms. The molecule has 1 aliphatic carbocycles. The maximum absolute atomic E-state index is 12.3. The molecule has 1 aromatic heterocycles. The van der Waals surface area contributed by atoms with E-state index in [0.29, 0.717) is 12.2 Å². The summed E-state index contributed by atoms with van der Waals surface area (Å²) in [6.07, 6.45) is -2.09. The molecular weight excluding hydrogens is 183 g/mol. The average molecular weight is 191 g/mol. The first-order chi connectivity index (χ1) is 6.07. The molecule has 1 atom stereocenters. The van der Waals surface area contributed by atoms with Crippen LogP contribution in [0.1, 0.15) is 17.7 Å². The van der Waals surface area contributed by atoms with Crippen molar-refractivity contribution in [2.45, 2.75) is 25.4 Å². The van der Waals surface area contributed by atoms with Gasteiger partial charge in [-0.2, -0.15) is 13.2 Å². The lowest BCUT2D eigenvalue weighted by atomic mass is 9.88. The maximum atomic E-state index is 12.3. The standard InChI is InChI=1S/C8H8F3NO/c9-8(10,11)6-2-1-5-4-12-13-7(5)3-6/h4,6H,1-3H2/t6-/m0/s1. The molecule has 72 valence electrons. The summed E-state index contributed by atoms with van der Waals surface area (Å²) in [6.45, 7) is 0. The number of hydrogen-bond donors (Lipinski definition) is 0. The van der Waals surface area contributed by atoms with Crippen molar-refractivity contribution < 1.29 is 17.7 Å². The average Bonchev–Trinajstić information content (AvgIpc) is 2.47. The summed E-state index contributed by atoms with van der Waals surface area (Å²) in [7, 11) is 0. The summed E-state index contributed by atoms with van der Waals surface area (Å²) in [5, 5.41) is 3.48. The summed E-state index contributed by atoms with van der Waals surface area (Å²) in [5.41, 5.74) is 0.820. The fraction of sp³-hybridized carbons (Fsp3) is 0.625. The van der Waals surface area contributed by atoms with Crippen molar-refractivity contribution in [1.29, 1.82) is 0 Å². The highest BCUT2D eigenvalue weighted by atomic mass is 19.4. The highest BCUT2D eigenvalue weighted by Gasteiger charge is 2.42. The van der Waals surface area contributed by atoms with Crippen LogP contribution in [0.25, 0.3) is 0 Å². The Morgan fingerprint density at radius 2 is 2.23 bits per heavy atom. The Bertz CT molecular complexity index is 305. The molecule has 0 radical (unpaired) electrons. The molecule has 0 unspecified atom stereocenters. The van der Waals surface area contributed by atoms with E-state index in [-0.39, 0.29) is 12.8 Å². The van der Waals surface area contributed by atoms with Crippen molar-refractivity contribution in [3.05, 3.63) is 17.5 Å². The van der Waals surface area contributed by atoms with Crippen LogP contribution in [0.5, 0.6) is 0 Å². The molecule has 13 heavy (non-hydrogen) atoms. The van der Waals surface area contributed by atoms with Gasteiger partial charge in [-0.15, -0.1) is 0 Å². The van der Waals surface area contributed by atoms with E-state index < -0.39 is 12.1 Å². The Morgan fingerprint density at radius 3 is 2.92 bits per heavy atom. The third-order valence-corrected chi connectivity index (χ3v) is 2.39. The normalized spacial score (nSPS) is 22.8. The zero-order chi connectivity index (χ0) is 9.47. The van der Waals surface area contributed by atoms with E-state index in [1.54, 1.807) is 0 Å². The van der Waals surface area contributed by atoms with Gasteiger partial charge in [0.25, 0.3) is 0 Å². The Hall–Kier alpha value is -1.00. The van der Waals surface area contributed by atoms with Gasteiger partial charge in [-0.1, -0.05) is 5.16 Å². The van der Waals surface area contributed by atoms with Crippen LogP contribution >= 0.6 is 0 Å². The number of alkyl halides is 3. The Morgan fingerprint density at radius 1 is 1.46 bits per heavy atom. The Balaban J connectivity index is 2.18. The minimum absolute atomic E-state index is 0.0567. The maximum Gasteiger partial charge on any atom is 0.392 e. The number of fused-ring (bicyclic) bond motifs is 1. The molecular formula is C8H8F3NO. The second-order valence-electron chi connectivity index (χ2n) is 3.26. The summed E-state index contributed by atoms with van der Waals surface area (Å²) in [6, 6.07) is 0. The summed E-state index contributed by atoms with van der Waals surface area (Å²) in [4.78, 5) is 0. The summed E-state index contributed by atoms with van der Waals surface area (Å²) >= 11 is 0. The first kappa shape index (κ1) is 8.59. The molecule has 1 aliphatic rings. The van der Waals surface area contributed by atoms with Crippen molar-refractivity contribution in [3.8, 4) is 0 Å². The first-order valence-electron chi connectivity index (χ1n) is 4.06. The lowest BCUT2D eigenvalue weighted by molar-refractivity contribution is -0.178. The smallest absolute Gasteiger partial charge is 0.361 e. The number of aryl methyl sites for hydroxylation is 1. The van der Waals surface area contributed by atoms with Gasteiger partial charge in [0.15, 0.2) is 0 Å². The van der Waals surface area contributed by atoms with E-state index in [2.05, 4.69) is 5.16 Å². The predicted octanol–water partition coefficient (Wildman–Crippen LogP) is 2.34. The fourth-order valence-corrected chi connectivity index (χ4v) is 1.59. The highest BCUT2D eigenvalue weighted by Crippen LogP contribution is 2.36. The zero-order valence-corrected chi connectivity index (χ0v) is 6.77. The van der Waals surface area contributed by atoms with Crippen LogP contribution in [-0.4, -0.2) is 11.3 Å². The van der Waals surface area contributed by atoms with Gasteiger partial charge in [0.1, 0.15) is 5.76 Å². The van der Waals surface area contributed by atoms with Gasteiger partial charge in [0.05, 0.1) is 12.1 Å². The first-order valence-corrected chi connectivity index (χ1v) is 4.06. The highest BCUT2D eigenvalue weighted by molar-refractivity contribution is 5.17. The molecule has 0 amide bonds. The molecule has 5 heteroatoms. The predicted molar refractivity (Wildman–Crippen MR) is 38.1 cm³/mol. The lowest BCUT2D eigenvalue weighted by Gasteiger charge is -2.22. The van der Waals surface area contributed by atoms with Crippen LogP contribution in [0.2, 0.25) is 0 Å². The van der Waals surface area contributed by atoms with Crippen LogP contribution in [0.4, 0.5) is 13.2 Å². The van der Waals surface area contributed by atoms with Crippen molar-refractivity contribution in [3.63, 3.8) is 0 Å². The zero-order valence-electron chi connectivity index (χ0n) is 6.77. The fourth-order valence-electron chi connectivity index (χ4n) is 1.59. The molecule has 0 bridgehead atoms. The molecule has 0 fully saturated rings. The minimum Gasteiger partial charge on any atom is -0.361 e. The number of halogens is 3. The third-order valence-electron chi connectivity index (χ3n) is 2.39. The third kappa shape index (κ3) is 1.55. The number of rotatable bonds is 0. The van der Waals surface area contributed by atoms with Crippen LogP contribution in [-0.2, 0) is 12.8 Å². The summed E-state index contributed by atoms with van der Waals surface area (Å²) in [5.74, 6) is -0.860. The number of hydrogen-bond acceptors (Lipinski definition) is 2. The lowest BCUT2D eigenvalue weighted by Crippen LogP contribution is -2.28. The number of aromatic nitrogens is 1. The van der Waals surface area contributed by atoms with E-state index in [9.17, 15) is 13.2 Å². The Kier molecular flexibility index (Phi) is 1.82. The minimum atomic E-state index is -4.11. The van der Waals surface area contributed by atoms with Gasteiger partial charge in [-0.3, -0.25) is 0 Å². The van der Waals surface area contributed by atoms with E-state index in [4.69, 9.17) is 4.52 Å². The van der Waals surface area contributed by atoms with Crippen LogP contribution in [0, 0.1) is 5.92 Å². The molecule has 1 aromatic rings. The molecule has 0 N–H and O–H groups in total. The molecule has 0 aliphatic heterocycles. The number of nitrogens with zero attached hydrogens (tertiary/aromatic N) is 1. The van der Waals surface area contributed by atoms with Gasteiger partial charge < -0.3 is 4.52 Å². The van der Waals surface area contributed by atoms with E-state index in [1.165, 1.54) is 6.20 Å². The molecule has 0 aromatic carbocycles. The van der Waals surface area contributed by atoms with Crippen LogP contribution in [0.15, 0.2) is 10.7 Å². The quantitative estimate of drug-likeness (QED) is 0.629. The molecule has 2 nitrogen and oxygen atoms in total. The van der Waals surface area contributed by atoms with Crippen LogP contribution in [0.3, 0.4) is 0 Å². The van der Waals surface area contributed by atoms with Crippen molar-refractivity contribution in [1.82, 2.24) is 5.16 Å². The second kappa shape index (κ2) is 2.75. The summed E-state index contributed by atoms with van der Waals surface area (Å²) < 4.78 is 41.6. The second-order valence-corrected chi connectivity index (χ2v) is 3.26. The molecule has 1 heterocycles. The van der Waals surface area contributed by atoms with E-state index in [1.807, 2.05) is 0 Å². The van der Waals surface area contributed by atoms with E-state index >= 15 is 0 Å². The molecule has 2 rings (SSSR count). The van der Waals surface area contributed by atoms with Crippen molar-refractivity contribution >= 4 is 0 Å². The van der Waals surface area contributed by atoms with Crippen LogP contribution < -0.4 is 0 Å². The largest absolute Gasteiger partial charge is 0.392 e. The van der Waals surface area contributed by atoms with Gasteiger partial charge >= 0.3 is 6.18 Å². The Labute approximate surface area is 72.7 Å². The van der Waals surface area contributed by atoms with Gasteiger partial charge in [-0.05, 0) is 12.8 Å². The van der Waals surface area contributed by atoms with Crippen molar-refractivity contribution in [2.75, 3.05) is 0 Å². The van der Waals surface area contributed by atoms with Gasteiger partial charge in [0.2, 0.25) is 0 Å². The monoisotopic (exact) mass is 191 g/mol. The van der Waals surface area contributed by atoms with Gasteiger partial charge in [-0.25, -0.2) is 0 Å². The molecule has 0 saturated heterocycles. The van der Waals surface area contributed by atoms with E-state index in [0.717, 1.165) is 5.56 Å². The topological polar surface area (TPSA) is 26.0 Å². The SMILES string of the molecule is FC(F)(F)[C@H]1CCc2cnoc2C1. The molecule has 0 saturated carbocycles. The van der Waals surface area contributed by atoms with Gasteiger partial charge in [0, 0.05) is 12.0 Å². The van der Waals surface area contributed by atoms with Crippen molar-refractivity contribution in [2.24, 2.45) is 5.92 Å².